The van der Waals surface area contributed by atoms with Crippen molar-refractivity contribution in [3.05, 3.63) is 48.4 Å². The van der Waals surface area contributed by atoms with Crippen LogP contribution in [0.5, 0.6) is 11.6 Å². The number of carbonyl (C=O) groups excluding carboxylic acids is 1. The van der Waals surface area contributed by atoms with E-state index in [0.29, 0.717) is 17.3 Å². The highest BCUT2D eigenvalue weighted by atomic mass is 19.1. The molecule has 0 bridgehead atoms. The molecule has 0 spiro atoms. The Hall–Kier alpha value is -2.63. The van der Waals surface area contributed by atoms with Gasteiger partial charge in [0, 0.05) is 6.07 Å². The summed E-state index contributed by atoms with van der Waals surface area (Å²) >= 11 is 0. The van der Waals surface area contributed by atoms with E-state index in [9.17, 15) is 9.18 Å². The van der Waals surface area contributed by atoms with Crippen molar-refractivity contribution in [1.29, 1.82) is 0 Å². The first kappa shape index (κ1) is 13.8. The second-order valence-corrected chi connectivity index (χ2v) is 3.88. The highest BCUT2D eigenvalue weighted by molar-refractivity contribution is 5.91. The summed E-state index contributed by atoms with van der Waals surface area (Å²) in [5, 5.41) is 2.62. The van der Waals surface area contributed by atoms with Crippen LogP contribution in [0.3, 0.4) is 0 Å². The summed E-state index contributed by atoms with van der Waals surface area (Å²) in [7, 11) is 1.51. The zero-order valence-electron chi connectivity index (χ0n) is 10.8. The third kappa shape index (κ3) is 3.94. The highest BCUT2D eigenvalue weighted by Gasteiger charge is 2.04. The topological polar surface area (TPSA) is 60.5 Å². The zero-order chi connectivity index (χ0) is 14.4. The average Bonchev–Trinajstić information content (AvgIpc) is 2.47. The molecule has 1 heterocycles. The van der Waals surface area contributed by atoms with E-state index in [0.717, 1.165) is 0 Å². The summed E-state index contributed by atoms with van der Waals surface area (Å²) in [6.07, 6.45) is 1.48. The molecule has 20 heavy (non-hydrogen) atoms. The van der Waals surface area contributed by atoms with Crippen LogP contribution in [0, 0.1) is 5.82 Å². The molecule has 0 radical (unpaired) electrons. The molecule has 0 saturated heterocycles. The van der Waals surface area contributed by atoms with Gasteiger partial charge in [0.15, 0.2) is 6.61 Å². The van der Waals surface area contributed by atoms with Crippen molar-refractivity contribution < 1.29 is 18.7 Å². The van der Waals surface area contributed by atoms with E-state index in [4.69, 9.17) is 9.47 Å². The Morgan fingerprint density at radius 2 is 2.00 bits per heavy atom. The molecule has 1 aromatic heterocycles. The maximum Gasteiger partial charge on any atom is 0.262 e. The van der Waals surface area contributed by atoms with E-state index in [1.54, 1.807) is 12.1 Å². The van der Waals surface area contributed by atoms with Gasteiger partial charge in [0.2, 0.25) is 5.88 Å². The van der Waals surface area contributed by atoms with E-state index < -0.39 is 0 Å². The summed E-state index contributed by atoms with van der Waals surface area (Å²) < 4.78 is 22.8. The smallest absolute Gasteiger partial charge is 0.262 e. The number of benzene rings is 1. The Morgan fingerprint density at radius 3 is 2.60 bits per heavy atom. The average molecular weight is 276 g/mol. The Morgan fingerprint density at radius 1 is 1.25 bits per heavy atom. The Balaban J connectivity index is 1.84. The number of pyridine rings is 1. The van der Waals surface area contributed by atoms with Crippen LogP contribution in [-0.2, 0) is 4.79 Å². The number of ether oxygens (including phenoxy) is 2. The van der Waals surface area contributed by atoms with Gasteiger partial charge in [-0.1, -0.05) is 0 Å². The maximum atomic E-state index is 12.7. The number of nitrogens with one attached hydrogen (secondary N) is 1. The minimum absolute atomic E-state index is 0.169. The quantitative estimate of drug-likeness (QED) is 0.909. The number of carbonyl (C=O) groups is 1. The summed E-state index contributed by atoms with van der Waals surface area (Å²) in [6, 6.07) is 8.74. The molecule has 1 N–H and O–H groups in total. The number of nitrogens with zero attached hydrogens (tertiary/aromatic N) is 1. The minimum Gasteiger partial charge on any atom is -0.484 e. The molecule has 1 aromatic carbocycles. The lowest BCUT2D eigenvalue weighted by Crippen LogP contribution is -2.20. The molecule has 2 aromatic rings. The second-order valence-electron chi connectivity index (χ2n) is 3.88. The van der Waals surface area contributed by atoms with Gasteiger partial charge in [-0.25, -0.2) is 9.37 Å². The summed E-state index contributed by atoms with van der Waals surface area (Å²) in [5.74, 6) is 0.201. The molecule has 0 saturated carbocycles. The Kier molecular flexibility index (Phi) is 4.49. The third-order valence-electron chi connectivity index (χ3n) is 2.41. The molecule has 1 amide bonds. The van der Waals surface area contributed by atoms with Crippen molar-refractivity contribution in [3.8, 4) is 11.6 Å². The van der Waals surface area contributed by atoms with Gasteiger partial charge in [0.05, 0.1) is 19.0 Å². The second kappa shape index (κ2) is 6.51. The fourth-order valence-electron chi connectivity index (χ4n) is 1.45. The van der Waals surface area contributed by atoms with Crippen molar-refractivity contribution in [2.75, 3.05) is 19.0 Å². The van der Waals surface area contributed by atoms with Crippen LogP contribution < -0.4 is 14.8 Å². The molecule has 0 unspecified atom stereocenters. The van der Waals surface area contributed by atoms with Crippen LogP contribution in [0.15, 0.2) is 42.6 Å². The molecule has 2 rings (SSSR count). The van der Waals surface area contributed by atoms with Crippen LogP contribution in [0.1, 0.15) is 0 Å². The lowest BCUT2D eigenvalue weighted by atomic mass is 10.3. The zero-order valence-corrected chi connectivity index (χ0v) is 10.8. The number of halogens is 1. The van der Waals surface area contributed by atoms with Gasteiger partial charge in [-0.15, -0.1) is 0 Å². The Labute approximate surface area is 115 Å². The first-order valence-corrected chi connectivity index (χ1v) is 5.85. The standard InChI is InChI=1S/C14H13FN2O3/c1-19-14-7-4-11(8-16-14)17-13(18)9-20-12-5-2-10(15)3-6-12/h2-8H,9H2,1H3,(H,17,18). The molecule has 0 aliphatic rings. The number of hydrogen-bond donors (Lipinski definition) is 1. The minimum atomic E-state index is -0.355. The molecular formula is C14H13FN2O3. The van der Waals surface area contributed by atoms with Crippen molar-refractivity contribution in [2.45, 2.75) is 0 Å². The van der Waals surface area contributed by atoms with E-state index in [2.05, 4.69) is 10.3 Å². The molecule has 104 valence electrons. The molecule has 6 heteroatoms. The van der Waals surface area contributed by atoms with E-state index in [1.165, 1.54) is 37.6 Å². The lowest BCUT2D eigenvalue weighted by molar-refractivity contribution is -0.118. The van der Waals surface area contributed by atoms with Crippen LogP contribution in [0.4, 0.5) is 10.1 Å². The van der Waals surface area contributed by atoms with Gasteiger partial charge < -0.3 is 14.8 Å². The fraction of sp³-hybridized carbons (Fsp3) is 0.143. The maximum absolute atomic E-state index is 12.7. The molecule has 0 fully saturated rings. The number of rotatable bonds is 5. The van der Waals surface area contributed by atoms with Crippen molar-refractivity contribution >= 4 is 11.6 Å². The van der Waals surface area contributed by atoms with Crippen molar-refractivity contribution in [3.63, 3.8) is 0 Å². The van der Waals surface area contributed by atoms with Crippen LogP contribution in [-0.4, -0.2) is 24.6 Å². The van der Waals surface area contributed by atoms with Gasteiger partial charge in [0.1, 0.15) is 11.6 Å². The van der Waals surface area contributed by atoms with Gasteiger partial charge in [-0.05, 0) is 30.3 Å². The normalized spacial score (nSPS) is 9.90. The number of amides is 1. The fourth-order valence-corrected chi connectivity index (χ4v) is 1.45. The number of aromatic nitrogens is 1. The lowest BCUT2D eigenvalue weighted by Gasteiger charge is -2.07. The molecular weight excluding hydrogens is 263 g/mol. The van der Waals surface area contributed by atoms with Gasteiger partial charge in [-0.3, -0.25) is 4.79 Å². The van der Waals surface area contributed by atoms with Crippen LogP contribution in [0.2, 0.25) is 0 Å². The van der Waals surface area contributed by atoms with E-state index in [1.807, 2.05) is 0 Å². The number of anilines is 1. The van der Waals surface area contributed by atoms with E-state index in [-0.39, 0.29) is 18.3 Å². The molecule has 0 atom stereocenters. The Bertz CT molecular complexity index is 570. The number of hydrogen-bond acceptors (Lipinski definition) is 4. The predicted octanol–water partition coefficient (Wildman–Crippen LogP) is 2.25. The molecule has 0 aliphatic carbocycles. The van der Waals surface area contributed by atoms with Gasteiger partial charge >= 0.3 is 0 Å². The van der Waals surface area contributed by atoms with Gasteiger partial charge in [-0.2, -0.15) is 0 Å². The third-order valence-corrected chi connectivity index (χ3v) is 2.41. The van der Waals surface area contributed by atoms with Crippen molar-refractivity contribution in [1.82, 2.24) is 4.98 Å². The predicted molar refractivity (Wildman–Crippen MR) is 71.3 cm³/mol. The summed E-state index contributed by atoms with van der Waals surface area (Å²) in [4.78, 5) is 15.6. The molecule has 5 nitrogen and oxygen atoms in total. The van der Waals surface area contributed by atoms with Crippen molar-refractivity contribution in [2.24, 2.45) is 0 Å². The summed E-state index contributed by atoms with van der Waals surface area (Å²) in [6.45, 7) is -0.169. The largest absolute Gasteiger partial charge is 0.484 e. The highest BCUT2D eigenvalue weighted by Crippen LogP contribution is 2.12. The van der Waals surface area contributed by atoms with Crippen LogP contribution in [0.25, 0.3) is 0 Å². The SMILES string of the molecule is COc1ccc(NC(=O)COc2ccc(F)cc2)cn1. The first-order chi connectivity index (χ1) is 9.67. The van der Waals surface area contributed by atoms with Gasteiger partial charge in [0.25, 0.3) is 5.91 Å². The monoisotopic (exact) mass is 276 g/mol. The van der Waals surface area contributed by atoms with Crippen LogP contribution >= 0.6 is 0 Å². The number of methoxy groups -OCH3 is 1. The summed E-state index contributed by atoms with van der Waals surface area (Å²) in [5.41, 5.74) is 0.540. The van der Waals surface area contributed by atoms with E-state index >= 15 is 0 Å². The first-order valence-electron chi connectivity index (χ1n) is 5.85. The molecule has 0 aliphatic heterocycles.